The second kappa shape index (κ2) is 11.4. The predicted octanol–water partition coefficient (Wildman–Crippen LogP) is -1.78. The lowest BCUT2D eigenvalue weighted by atomic mass is 9.98. The van der Waals surface area contributed by atoms with Crippen LogP contribution in [0.1, 0.15) is 0 Å². The lowest BCUT2D eigenvalue weighted by Crippen LogP contribution is -2.63. The normalized spacial score (nSPS) is 32.2. The summed E-state index contributed by atoms with van der Waals surface area (Å²) in [5.41, 5.74) is -0.555. The Labute approximate surface area is 230 Å². The van der Waals surface area contributed by atoms with E-state index in [4.69, 9.17) is 23.4 Å². The number of fused-ring (bicyclic) bond motifs is 1. The van der Waals surface area contributed by atoms with Crippen molar-refractivity contribution in [1.29, 1.82) is 0 Å². The van der Waals surface area contributed by atoms with Crippen molar-refractivity contribution >= 4 is 11.0 Å². The molecule has 15 nitrogen and oxygen atoms in total. The zero-order chi connectivity index (χ0) is 29.6. The molecule has 5 rings (SSSR count). The molecule has 41 heavy (non-hydrogen) atoms. The molecule has 1 aromatic heterocycles. The third-order valence-electron chi connectivity index (χ3n) is 6.85. The summed E-state index contributed by atoms with van der Waals surface area (Å²) in [6, 6.07) is 6.99. The number of hydrogen-bond acceptors (Lipinski definition) is 15. The Balaban J connectivity index is 1.47. The smallest absolute Gasteiger partial charge is 0.229 e. The van der Waals surface area contributed by atoms with Crippen LogP contribution in [0.2, 0.25) is 0 Å². The van der Waals surface area contributed by atoms with E-state index in [0.29, 0.717) is 0 Å². The highest BCUT2D eigenvalue weighted by Gasteiger charge is 2.50. The van der Waals surface area contributed by atoms with Gasteiger partial charge in [-0.15, -0.1) is 0 Å². The van der Waals surface area contributed by atoms with Crippen LogP contribution in [-0.2, 0) is 14.2 Å². The maximum Gasteiger partial charge on any atom is 0.229 e. The molecule has 0 aliphatic carbocycles. The van der Waals surface area contributed by atoms with E-state index in [1.54, 1.807) is 0 Å². The van der Waals surface area contributed by atoms with Crippen LogP contribution in [0, 0.1) is 0 Å². The third-order valence-corrected chi connectivity index (χ3v) is 6.85. The average molecular weight is 580 g/mol. The monoisotopic (exact) mass is 580 g/mol. The number of aromatic hydroxyl groups is 3. The molecule has 2 aliphatic rings. The Hall–Kier alpha value is -3.51. The number of hydrogen-bond donors (Lipinski definition) is 9. The van der Waals surface area contributed by atoms with E-state index in [1.807, 2.05) is 0 Å². The molecule has 9 N–H and O–H groups in total. The molecule has 3 aromatic rings. The molecule has 9 atom stereocenters. The van der Waals surface area contributed by atoms with E-state index in [0.717, 1.165) is 18.2 Å². The molecule has 0 bridgehead atoms. The van der Waals surface area contributed by atoms with Crippen molar-refractivity contribution in [2.45, 2.75) is 55.3 Å². The number of phenolic OH excluding ortho intramolecular Hbond substituents is 3. The molecule has 222 valence electrons. The molecule has 15 heteroatoms. The largest absolute Gasteiger partial charge is 0.508 e. The first-order valence-corrected chi connectivity index (χ1v) is 12.4. The number of ether oxygens (including phenoxy) is 4. The molecular formula is C26H28O15. The fraction of sp³-hybridized carbons (Fsp3) is 0.423. The van der Waals surface area contributed by atoms with Gasteiger partial charge in [0, 0.05) is 23.8 Å². The topological polar surface area (TPSA) is 249 Å². The summed E-state index contributed by atoms with van der Waals surface area (Å²) in [5, 5.41) is 90.9. The van der Waals surface area contributed by atoms with Crippen LogP contribution < -0.4 is 10.2 Å². The Morgan fingerprint density at radius 1 is 0.854 bits per heavy atom. The van der Waals surface area contributed by atoms with E-state index in [-0.39, 0.29) is 33.8 Å². The quantitative estimate of drug-likeness (QED) is 0.156. The summed E-state index contributed by atoms with van der Waals surface area (Å²) >= 11 is 0. The van der Waals surface area contributed by atoms with Gasteiger partial charge in [0.1, 0.15) is 64.9 Å². The fourth-order valence-corrected chi connectivity index (χ4v) is 4.63. The molecule has 0 amide bonds. The van der Waals surface area contributed by atoms with Gasteiger partial charge in [0.05, 0.1) is 13.2 Å². The van der Waals surface area contributed by atoms with Crippen molar-refractivity contribution in [3.63, 3.8) is 0 Å². The summed E-state index contributed by atoms with van der Waals surface area (Å²) in [5.74, 6) is -1.60. The van der Waals surface area contributed by atoms with Gasteiger partial charge in [-0.3, -0.25) is 4.79 Å². The van der Waals surface area contributed by atoms with Crippen molar-refractivity contribution in [1.82, 2.24) is 0 Å². The van der Waals surface area contributed by atoms with Gasteiger partial charge in [0.15, 0.2) is 29.3 Å². The molecule has 2 aliphatic heterocycles. The highest BCUT2D eigenvalue weighted by molar-refractivity contribution is 5.86. The number of benzene rings is 2. The van der Waals surface area contributed by atoms with Crippen LogP contribution in [0.5, 0.6) is 23.0 Å². The molecule has 0 spiro atoms. The minimum absolute atomic E-state index is 0.0373. The molecule has 9 unspecified atom stereocenters. The Morgan fingerprint density at radius 2 is 1.61 bits per heavy atom. The molecule has 2 saturated heterocycles. The van der Waals surface area contributed by atoms with Gasteiger partial charge < -0.3 is 69.3 Å². The predicted molar refractivity (Wildman–Crippen MR) is 134 cm³/mol. The van der Waals surface area contributed by atoms with Gasteiger partial charge in [-0.05, 0) is 18.2 Å². The van der Waals surface area contributed by atoms with Crippen LogP contribution in [0.15, 0.2) is 45.6 Å². The lowest BCUT2D eigenvalue weighted by Gasteiger charge is -2.44. The van der Waals surface area contributed by atoms with E-state index in [1.165, 1.54) is 18.2 Å². The Morgan fingerprint density at radius 3 is 2.34 bits per heavy atom. The van der Waals surface area contributed by atoms with E-state index in [2.05, 4.69) is 0 Å². The molecule has 3 heterocycles. The van der Waals surface area contributed by atoms with Crippen molar-refractivity contribution in [3.05, 3.63) is 46.6 Å². The Kier molecular flexibility index (Phi) is 8.06. The zero-order valence-corrected chi connectivity index (χ0v) is 21.0. The van der Waals surface area contributed by atoms with Gasteiger partial charge in [-0.2, -0.15) is 0 Å². The molecule has 0 radical (unpaired) electrons. The lowest BCUT2D eigenvalue weighted by molar-refractivity contribution is -0.345. The summed E-state index contributed by atoms with van der Waals surface area (Å²) in [6.45, 7) is -1.17. The summed E-state index contributed by atoms with van der Waals surface area (Å²) in [4.78, 5) is 12.7. The molecular weight excluding hydrogens is 552 g/mol. The summed E-state index contributed by atoms with van der Waals surface area (Å²) in [7, 11) is 0. The maximum absolute atomic E-state index is 12.7. The first kappa shape index (κ1) is 29.0. The first-order chi connectivity index (χ1) is 19.5. The number of aliphatic hydroxyl groups is 6. The highest BCUT2D eigenvalue weighted by atomic mass is 16.8. The maximum atomic E-state index is 12.7. The molecule has 0 saturated carbocycles. The second-order valence-electron chi connectivity index (χ2n) is 9.67. The van der Waals surface area contributed by atoms with Gasteiger partial charge in [0.25, 0.3) is 0 Å². The van der Waals surface area contributed by atoms with Crippen LogP contribution in [0.4, 0.5) is 0 Å². The minimum atomic E-state index is -1.78. The first-order valence-electron chi connectivity index (χ1n) is 12.4. The van der Waals surface area contributed by atoms with Crippen molar-refractivity contribution in [2.24, 2.45) is 0 Å². The minimum Gasteiger partial charge on any atom is -0.508 e. The van der Waals surface area contributed by atoms with Crippen molar-refractivity contribution in [3.8, 4) is 34.3 Å². The van der Waals surface area contributed by atoms with Gasteiger partial charge >= 0.3 is 0 Å². The summed E-state index contributed by atoms with van der Waals surface area (Å²) in [6.07, 6.45) is -14.5. The fourth-order valence-electron chi connectivity index (χ4n) is 4.63. The van der Waals surface area contributed by atoms with Crippen LogP contribution in [-0.4, -0.2) is 114 Å². The standard InChI is InChI=1S/C26H28O15/c27-7-18-21(34)22(35)24(41-25-23(36)20(33)14(32)8-37-25)26(40-18)39-16-3-9(1-2-11(16)29)15-6-13(31)19-12(30)4-10(28)5-17(19)38-15/h1-6,14,18,20-30,32-36H,7-8H2. The van der Waals surface area contributed by atoms with Gasteiger partial charge in [-0.25, -0.2) is 0 Å². The molecule has 2 aromatic carbocycles. The van der Waals surface area contributed by atoms with E-state index >= 15 is 0 Å². The van der Waals surface area contributed by atoms with Crippen molar-refractivity contribution in [2.75, 3.05) is 13.2 Å². The third kappa shape index (κ3) is 5.54. The number of phenols is 3. The van der Waals surface area contributed by atoms with Crippen molar-refractivity contribution < 1.29 is 69.3 Å². The second-order valence-corrected chi connectivity index (χ2v) is 9.67. The van der Waals surface area contributed by atoms with Crippen LogP contribution in [0.3, 0.4) is 0 Å². The highest BCUT2D eigenvalue weighted by Crippen LogP contribution is 2.37. The van der Waals surface area contributed by atoms with Gasteiger partial charge in [-0.1, -0.05) is 0 Å². The Bertz CT molecular complexity index is 1460. The average Bonchev–Trinajstić information content (AvgIpc) is 2.93. The summed E-state index contributed by atoms with van der Waals surface area (Å²) < 4.78 is 27.8. The van der Waals surface area contributed by atoms with Gasteiger partial charge in [0.2, 0.25) is 6.29 Å². The SMILES string of the molecule is O=c1cc(-c2ccc(O)c(OC3OC(CO)C(O)C(O)C3OC3OCC(O)C(O)C3O)c2)oc2cc(O)cc(O)c12. The zero-order valence-electron chi connectivity index (χ0n) is 21.0. The van der Waals surface area contributed by atoms with E-state index < -0.39 is 85.4 Å². The van der Waals surface area contributed by atoms with Crippen LogP contribution >= 0.6 is 0 Å². The molecule has 2 fully saturated rings. The van der Waals surface area contributed by atoms with E-state index in [9.17, 15) is 50.8 Å². The van der Waals surface area contributed by atoms with Crippen LogP contribution in [0.25, 0.3) is 22.3 Å². The number of rotatable bonds is 6. The number of aliphatic hydroxyl groups excluding tert-OH is 6.